The fourth-order valence-corrected chi connectivity index (χ4v) is 2.48. The molecule has 1 heterocycles. The van der Waals surface area contributed by atoms with E-state index in [1.807, 2.05) is 44.2 Å². The van der Waals surface area contributed by atoms with Crippen LogP contribution in [-0.4, -0.2) is 16.2 Å². The number of aromatic nitrogens is 2. The maximum absolute atomic E-state index is 12.3. The third-order valence-electron chi connectivity index (χ3n) is 3.48. The Balaban J connectivity index is 1.91. The van der Waals surface area contributed by atoms with Gasteiger partial charge in [0.2, 0.25) is 5.82 Å². The topological polar surface area (TPSA) is 68.0 Å². The summed E-state index contributed by atoms with van der Waals surface area (Å²) in [6.07, 6.45) is 0. The third kappa shape index (κ3) is 3.32. The minimum Gasteiger partial charge on any atom is -0.302 e. The molecule has 0 aliphatic rings. The Morgan fingerprint density at radius 1 is 1.09 bits per heavy atom. The second-order valence-electron chi connectivity index (χ2n) is 5.24. The standard InChI is InChI=1S/C17H14BrN3O2/c1-10-3-4-11(2)14(9-10)15-16(21-23-20-15)19-17(22)12-5-7-13(18)8-6-12/h3-9H,1-2H3,(H,19,21,22). The smallest absolute Gasteiger partial charge is 0.256 e. The zero-order valence-electron chi connectivity index (χ0n) is 12.6. The Morgan fingerprint density at radius 3 is 2.57 bits per heavy atom. The highest BCUT2D eigenvalue weighted by atomic mass is 79.9. The van der Waals surface area contributed by atoms with Crippen molar-refractivity contribution in [3.8, 4) is 11.3 Å². The second-order valence-corrected chi connectivity index (χ2v) is 6.16. The van der Waals surface area contributed by atoms with Gasteiger partial charge in [-0.3, -0.25) is 4.79 Å². The van der Waals surface area contributed by atoms with Crippen LogP contribution < -0.4 is 5.32 Å². The lowest BCUT2D eigenvalue weighted by atomic mass is 10.0. The van der Waals surface area contributed by atoms with Gasteiger partial charge in [-0.2, -0.15) is 0 Å². The van der Waals surface area contributed by atoms with E-state index < -0.39 is 0 Å². The maximum Gasteiger partial charge on any atom is 0.256 e. The van der Waals surface area contributed by atoms with Crippen molar-refractivity contribution < 1.29 is 9.42 Å². The average molecular weight is 372 g/mol. The average Bonchev–Trinajstić information content (AvgIpc) is 2.98. The van der Waals surface area contributed by atoms with Crippen molar-refractivity contribution in [1.29, 1.82) is 0 Å². The Hall–Kier alpha value is -2.47. The molecule has 0 saturated heterocycles. The Labute approximate surface area is 141 Å². The van der Waals surface area contributed by atoms with E-state index in [4.69, 9.17) is 4.63 Å². The van der Waals surface area contributed by atoms with Crippen LogP contribution >= 0.6 is 15.9 Å². The van der Waals surface area contributed by atoms with Crippen molar-refractivity contribution in [2.45, 2.75) is 13.8 Å². The molecule has 3 aromatic rings. The van der Waals surface area contributed by atoms with Crippen molar-refractivity contribution in [3.05, 3.63) is 63.6 Å². The van der Waals surface area contributed by atoms with Gasteiger partial charge in [0.25, 0.3) is 5.91 Å². The quantitative estimate of drug-likeness (QED) is 0.742. The molecule has 1 aromatic heterocycles. The second kappa shape index (κ2) is 6.34. The lowest BCUT2D eigenvalue weighted by Crippen LogP contribution is -2.12. The summed E-state index contributed by atoms with van der Waals surface area (Å²) >= 11 is 3.34. The van der Waals surface area contributed by atoms with Crippen LogP contribution in [0.15, 0.2) is 51.6 Å². The first-order valence-corrected chi connectivity index (χ1v) is 7.81. The number of nitrogens with zero attached hydrogens (tertiary/aromatic N) is 2. The Morgan fingerprint density at radius 2 is 1.83 bits per heavy atom. The molecule has 0 fully saturated rings. The van der Waals surface area contributed by atoms with E-state index in [2.05, 4.69) is 31.6 Å². The van der Waals surface area contributed by atoms with Crippen LogP contribution in [0.3, 0.4) is 0 Å². The summed E-state index contributed by atoms with van der Waals surface area (Å²) in [5, 5.41) is 10.5. The number of rotatable bonds is 3. The molecule has 5 nitrogen and oxygen atoms in total. The fourth-order valence-electron chi connectivity index (χ4n) is 2.22. The zero-order valence-corrected chi connectivity index (χ0v) is 14.2. The van der Waals surface area contributed by atoms with E-state index in [1.165, 1.54) is 0 Å². The van der Waals surface area contributed by atoms with Crippen LogP contribution in [0, 0.1) is 13.8 Å². The number of hydrogen-bond donors (Lipinski definition) is 1. The first-order valence-electron chi connectivity index (χ1n) is 7.01. The molecule has 0 bridgehead atoms. The van der Waals surface area contributed by atoms with E-state index in [0.717, 1.165) is 21.2 Å². The molecule has 1 amide bonds. The monoisotopic (exact) mass is 371 g/mol. The molecule has 0 unspecified atom stereocenters. The number of carbonyl (C=O) groups excluding carboxylic acids is 1. The third-order valence-corrected chi connectivity index (χ3v) is 4.00. The number of halogens is 1. The lowest BCUT2D eigenvalue weighted by Gasteiger charge is -2.06. The van der Waals surface area contributed by atoms with Gasteiger partial charge in [-0.05, 0) is 60.1 Å². The van der Waals surface area contributed by atoms with E-state index in [9.17, 15) is 4.79 Å². The van der Waals surface area contributed by atoms with E-state index in [-0.39, 0.29) is 5.91 Å². The number of benzene rings is 2. The van der Waals surface area contributed by atoms with Crippen LogP contribution in [0.1, 0.15) is 21.5 Å². The molecule has 6 heteroatoms. The number of hydrogen-bond acceptors (Lipinski definition) is 4. The van der Waals surface area contributed by atoms with Gasteiger partial charge in [0.05, 0.1) is 0 Å². The zero-order chi connectivity index (χ0) is 16.4. The highest BCUT2D eigenvalue weighted by molar-refractivity contribution is 9.10. The highest BCUT2D eigenvalue weighted by Gasteiger charge is 2.17. The molecule has 0 saturated carbocycles. The molecule has 23 heavy (non-hydrogen) atoms. The molecule has 116 valence electrons. The van der Waals surface area contributed by atoms with Gasteiger partial charge in [0.15, 0.2) is 5.69 Å². The van der Waals surface area contributed by atoms with Gasteiger partial charge >= 0.3 is 0 Å². The molecule has 1 N–H and O–H groups in total. The minimum absolute atomic E-state index is 0.264. The molecule has 0 aliphatic carbocycles. The molecular formula is C17H14BrN3O2. The van der Waals surface area contributed by atoms with Crippen LogP contribution in [0.25, 0.3) is 11.3 Å². The van der Waals surface area contributed by atoms with Gasteiger partial charge in [-0.15, -0.1) is 0 Å². The molecule has 0 spiro atoms. The lowest BCUT2D eigenvalue weighted by molar-refractivity contribution is 0.102. The summed E-state index contributed by atoms with van der Waals surface area (Å²) in [4.78, 5) is 12.3. The van der Waals surface area contributed by atoms with E-state index in [1.54, 1.807) is 12.1 Å². The molecule has 0 radical (unpaired) electrons. The van der Waals surface area contributed by atoms with Crippen molar-refractivity contribution in [1.82, 2.24) is 10.3 Å². The summed E-state index contributed by atoms with van der Waals surface area (Å²) in [7, 11) is 0. The minimum atomic E-state index is -0.264. The van der Waals surface area contributed by atoms with Gasteiger partial charge in [0, 0.05) is 15.6 Å². The van der Waals surface area contributed by atoms with Crippen LogP contribution in [0.5, 0.6) is 0 Å². The molecular weight excluding hydrogens is 358 g/mol. The number of amides is 1. The van der Waals surface area contributed by atoms with Gasteiger partial charge in [-0.25, -0.2) is 4.63 Å². The summed E-state index contributed by atoms with van der Waals surface area (Å²) in [5.41, 5.74) is 4.07. The largest absolute Gasteiger partial charge is 0.302 e. The number of carbonyl (C=O) groups is 1. The summed E-state index contributed by atoms with van der Waals surface area (Å²) in [5.74, 6) is 0.0476. The SMILES string of the molecule is Cc1ccc(C)c(-c2nonc2NC(=O)c2ccc(Br)cc2)c1. The predicted octanol–water partition coefficient (Wildman–Crippen LogP) is 4.37. The van der Waals surface area contributed by atoms with Gasteiger partial charge in [-0.1, -0.05) is 33.6 Å². The number of nitrogens with one attached hydrogen (secondary N) is 1. The van der Waals surface area contributed by atoms with E-state index >= 15 is 0 Å². The normalized spacial score (nSPS) is 10.6. The number of aryl methyl sites for hydroxylation is 2. The summed E-state index contributed by atoms with van der Waals surface area (Å²) in [6.45, 7) is 3.97. The predicted molar refractivity (Wildman–Crippen MR) is 91.3 cm³/mol. The first kappa shape index (κ1) is 15.4. The van der Waals surface area contributed by atoms with Crippen molar-refractivity contribution in [2.75, 3.05) is 5.32 Å². The highest BCUT2D eigenvalue weighted by Crippen LogP contribution is 2.28. The molecule has 0 aliphatic heterocycles. The van der Waals surface area contributed by atoms with Gasteiger partial charge < -0.3 is 5.32 Å². The fraction of sp³-hybridized carbons (Fsp3) is 0.118. The maximum atomic E-state index is 12.3. The molecule has 2 aromatic carbocycles. The van der Waals surface area contributed by atoms with E-state index in [0.29, 0.717) is 17.1 Å². The molecule has 3 rings (SSSR count). The Kier molecular flexibility index (Phi) is 4.25. The summed E-state index contributed by atoms with van der Waals surface area (Å²) in [6, 6.07) is 13.1. The molecule has 0 atom stereocenters. The number of anilines is 1. The Bertz CT molecular complexity index is 857. The van der Waals surface area contributed by atoms with Crippen LogP contribution in [-0.2, 0) is 0 Å². The van der Waals surface area contributed by atoms with Crippen LogP contribution in [0.2, 0.25) is 0 Å². The van der Waals surface area contributed by atoms with Crippen molar-refractivity contribution >= 4 is 27.7 Å². The van der Waals surface area contributed by atoms with Crippen molar-refractivity contribution in [3.63, 3.8) is 0 Å². The van der Waals surface area contributed by atoms with Crippen LogP contribution in [0.4, 0.5) is 5.82 Å². The van der Waals surface area contributed by atoms with Gasteiger partial charge in [0.1, 0.15) is 0 Å². The van der Waals surface area contributed by atoms with Crippen molar-refractivity contribution in [2.24, 2.45) is 0 Å². The summed E-state index contributed by atoms with van der Waals surface area (Å²) < 4.78 is 5.74. The first-order chi connectivity index (χ1) is 11.0.